The van der Waals surface area contributed by atoms with Crippen molar-refractivity contribution < 1.29 is 17.9 Å². The van der Waals surface area contributed by atoms with Crippen molar-refractivity contribution in [3.63, 3.8) is 0 Å². The van der Waals surface area contributed by atoms with Crippen molar-refractivity contribution in [2.45, 2.75) is 26.2 Å². The zero-order valence-electron chi connectivity index (χ0n) is 18.5. The maximum Gasteiger partial charge on any atom is 0.168 e. The summed E-state index contributed by atoms with van der Waals surface area (Å²) >= 11 is 0. The topological polar surface area (TPSA) is 22.1 Å². The van der Waals surface area contributed by atoms with Crippen LogP contribution in [0.5, 0.6) is 5.75 Å². The third kappa shape index (κ3) is 4.92. The van der Waals surface area contributed by atoms with Crippen LogP contribution >= 0.6 is 0 Å². The molecule has 1 aromatic heterocycles. The molecule has 0 atom stereocenters. The van der Waals surface area contributed by atoms with E-state index in [1.165, 1.54) is 13.2 Å². The SMILES string of the molecule is CCc1ccc(-c2ccc(CCc3ccc(-c4ccc(OC)c(F)c4)cc3)c(F)c2F)nc1. The molecule has 2 nitrogen and oxygen atoms in total. The highest BCUT2D eigenvalue weighted by atomic mass is 19.2. The minimum absolute atomic E-state index is 0.162. The van der Waals surface area contributed by atoms with Gasteiger partial charge in [0.15, 0.2) is 23.2 Å². The minimum atomic E-state index is -0.874. The molecule has 0 bridgehead atoms. The number of benzene rings is 3. The fourth-order valence-electron chi connectivity index (χ4n) is 3.76. The van der Waals surface area contributed by atoms with Crippen molar-refractivity contribution in [1.82, 2.24) is 4.98 Å². The van der Waals surface area contributed by atoms with Crippen molar-refractivity contribution >= 4 is 0 Å². The Balaban J connectivity index is 1.46. The van der Waals surface area contributed by atoms with E-state index in [2.05, 4.69) is 4.98 Å². The normalized spacial score (nSPS) is 10.9. The van der Waals surface area contributed by atoms with E-state index in [1.54, 1.807) is 36.5 Å². The molecule has 168 valence electrons. The first-order valence-corrected chi connectivity index (χ1v) is 10.8. The fraction of sp³-hybridized carbons (Fsp3) is 0.179. The first-order valence-electron chi connectivity index (χ1n) is 10.8. The molecule has 4 aromatic rings. The lowest BCUT2D eigenvalue weighted by Crippen LogP contribution is -2.00. The van der Waals surface area contributed by atoms with Crippen molar-refractivity contribution in [2.75, 3.05) is 7.11 Å². The van der Waals surface area contributed by atoms with Gasteiger partial charge < -0.3 is 4.74 Å². The van der Waals surface area contributed by atoms with Crippen molar-refractivity contribution in [3.05, 3.63) is 107 Å². The molecule has 0 N–H and O–H groups in total. The van der Waals surface area contributed by atoms with E-state index in [4.69, 9.17) is 4.74 Å². The van der Waals surface area contributed by atoms with Gasteiger partial charge in [0.2, 0.25) is 0 Å². The first-order chi connectivity index (χ1) is 16.0. The fourth-order valence-corrected chi connectivity index (χ4v) is 3.76. The number of aryl methyl sites for hydroxylation is 3. The second kappa shape index (κ2) is 9.90. The Morgan fingerprint density at radius 2 is 1.48 bits per heavy atom. The molecule has 3 aromatic carbocycles. The summed E-state index contributed by atoms with van der Waals surface area (Å²) in [4.78, 5) is 4.26. The Morgan fingerprint density at radius 1 is 0.758 bits per heavy atom. The van der Waals surface area contributed by atoms with Gasteiger partial charge in [0, 0.05) is 11.8 Å². The molecule has 0 fully saturated rings. The predicted octanol–water partition coefficient (Wildman–Crippen LogP) is 7.19. The van der Waals surface area contributed by atoms with Gasteiger partial charge in [-0.25, -0.2) is 13.2 Å². The van der Waals surface area contributed by atoms with E-state index in [9.17, 15) is 13.2 Å². The summed E-state index contributed by atoms with van der Waals surface area (Å²) in [5.74, 6) is -1.93. The zero-order chi connectivity index (χ0) is 23.4. The number of aromatic nitrogens is 1. The van der Waals surface area contributed by atoms with E-state index in [-0.39, 0.29) is 11.3 Å². The Morgan fingerprint density at radius 3 is 2.12 bits per heavy atom. The smallest absolute Gasteiger partial charge is 0.168 e. The standard InChI is InChI=1S/C28H24F3NO/c1-3-18-7-14-25(32-17-18)23-13-11-21(27(30)28(23)31)10-6-19-4-8-20(9-5-19)22-12-15-26(33-2)24(29)16-22/h4-5,7-9,11-17H,3,6,10H2,1-2H3. The van der Waals surface area contributed by atoms with Crippen molar-refractivity contribution in [2.24, 2.45) is 0 Å². The molecule has 0 amide bonds. The van der Waals surface area contributed by atoms with E-state index < -0.39 is 17.5 Å². The van der Waals surface area contributed by atoms with Crippen LogP contribution in [0, 0.1) is 17.5 Å². The summed E-state index contributed by atoms with van der Waals surface area (Å²) in [6.07, 6.45) is 3.43. The van der Waals surface area contributed by atoms with Crippen LogP contribution in [0.3, 0.4) is 0 Å². The van der Waals surface area contributed by atoms with Crippen LogP contribution in [-0.4, -0.2) is 12.1 Å². The monoisotopic (exact) mass is 447 g/mol. The highest BCUT2D eigenvalue weighted by molar-refractivity contribution is 5.65. The molecule has 0 spiro atoms. The molecule has 4 rings (SSSR count). The van der Waals surface area contributed by atoms with Crippen molar-refractivity contribution in [3.8, 4) is 28.1 Å². The summed E-state index contributed by atoms with van der Waals surface area (Å²) in [5.41, 5.74) is 4.53. The predicted molar refractivity (Wildman–Crippen MR) is 125 cm³/mol. The number of ether oxygens (including phenoxy) is 1. The van der Waals surface area contributed by atoms with E-state index >= 15 is 0 Å². The van der Waals surface area contributed by atoms with E-state index in [0.717, 1.165) is 28.7 Å². The van der Waals surface area contributed by atoms with Gasteiger partial charge in [-0.2, -0.15) is 0 Å². The number of hydrogen-bond donors (Lipinski definition) is 0. The maximum atomic E-state index is 14.7. The van der Waals surface area contributed by atoms with Gasteiger partial charge in [0.25, 0.3) is 0 Å². The Hall–Kier alpha value is -3.60. The summed E-state index contributed by atoms with van der Waals surface area (Å²) in [6.45, 7) is 2.01. The largest absolute Gasteiger partial charge is 0.494 e. The van der Waals surface area contributed by atoms with E-state index in [0.29, 0.717) is 24.1 Å². The van der Waals surface area contributed by atoms with E-state index in [1.807, 2.05) is 37.3 Å². The molecule has 0 aliphatic heterocycles. The Kier molecular flexibility index (Phi) is 6.78. The van der Waals surface area contributed by atoms with Crippen LogP contribution in [0.4, 0.5) is 13.2 Å². The number of nitrogens with zero attached hydrogens (tertiary/aromatic N) is 1. The van der Waals surface area contributed by atoms with Gasteiger partial charge in [0.05, 0.1) is 12.8 Å². The second-order valence-electron chi connectivity index (χ2n) is 7.85. The molecule has 0 saturated carbocycles. The molecule has 1 heterocycles. The maximum absolute atomic E-state index is 14.7. The van der Waals surface area contributed by atoms with Gasteiger partial charge in [-0.15, -0.1) is 0 Å². The number of pyridine rings is 1. The Labute approximate surface area is 191 Å². The summed E-state index contributed by atoms with van der Waals surface area (Å²) in [7, 11) is 1.43. The second-order valence-corrected chi connectivity index (χ2v) is 7.85. The van der Waals surface area contributed by atoms with Crippen LogP contribution in [-0.2, 0) is 19.3 Å². The number of hydrogen-bond acceptors (Lipinski definition) is 2. The molecular formula is C28H24F3NO. The van der Waals surface area contributed by atoms with Crippen molar-refractivity contribution in [1.29, 1.82) is 0 Å². The van der Waals surface area contributed by atoms with Crippen LogP contribution in [0.15, 0.2) is 72.9 Å². The molecule has 0 unspecified atom stereocenters. The lowest BCUT2D eigenvalue weighted by Gasteiger charge is -2.10. The molecule has 5 heteroatoms. The Bertz CT molecular complexity index is 1250. The van der Waals surface area contributed by atoms with Gasteiger partial charge in [-0.3, -0.25) is 4.98 Å². The van der Waals surface area contributed by atoms with Gasteiger partial charge in [-0.05, 0) is 71.3 Å². The highest BCUT2D eigenvalue weighted by Crippen LogP contribution is 2.28. The van der Waals surface area contributed by atoms with Crippen LogP contribution < -0.4 is 4.74 Å². The molecule has 33 heavy (non-hydrogen) atoms. The summed E-state index contributed by atoms with van der Waals surface area (Å²) in [6, 6.07) is 19.2. The quantitative estimate of drug-likeness (QED) is 0.299. The third-order valence-corrected chi connectivity index (χ3v) is 5.79. The average Bonchev–Trinajstić information content (AvgIpc) is 2.85. The molecule has 0 saturated heterocycles. The zero-order valence-corrected chi connectivity index (χ0v) is 18.5. The number of methoxy groups -OCH3 is 1. The first kappa shape index (κ1) is 22.6. The molecular weight excluding hydrogens is 423 g/mol. The van der Waals surface area contributed by atoms with Crippen LogP contribution in [0.1, 0.15) is 23.6 Å². The van der Waals surface area contributed by atoms with Gasteiger partial charge >= 0.3 is 0 Å². The summed E-state index contributed by atoms with van der Waals surface area (Å²) in [5, 5.41) is 0. The summed E-state index contributed by atoms with van der Waals surface area (Å²) < 4.78 is 48.4. The number of halogens is 3. The van der Waals surface area contributed by atoms with Crippen LogP contribution in [0.25, 0.3) is 22.4 Å². The molecule has 0 aliphatic rings. The lowest BCUT2D eigenvalue weighted by atomic mass is 9.98. The van der Waals surface area contributed by atoms with Gasteiger partial charge in [0.1, 0.15) is 0 Å². The van der Waals surface area contributed by atoms with Gasteiger partial charge in [-0.1, -0.05) is 49.4 Å². The molecule has 0 radical (unpaired) electrons. The lowest BCUT2D eigenvalue weighted by molar-refractivity contribution is 0.386. The van der Waals surface area contributed by atoms with Crippen LogP contribution in [0.2, 0.25) is 0 Å². The molecule has 0 aliphatic carbocycles. The average molecular weight is 448 g/mol. The number of rotatable bonds is 7. The minimum Gasteiger partial charge on any atom is -0.494 e. The highest BCUT2D eigenvalue weighted by Gasteiger charge is 2.15. The third-order valence-electron chi connectivity index (χ3n) is 5.79.